The summed E-state index contributed by atoms with van der Waals surface area (Å²) in [7, 11) is 0. The van der Waals surface area contributed by atoms with Crippen molar-refractivity contribution in [1.29, 1.82) is 0 Å². The van der Waals surface area contributed by atoms with Crippen LogP contribution in [-0.2, 0) is 19.4 Å². The lowest BCUT2D eigenvalue weighted by Gasteiger charge is -2.07. The molecule has 0 N–H and O–H groups in total. The monoisotopic (exact) mass is 655 g/mol. The Bertz CT molecular complexity index is 698. The van der Waals surface area contributed by atoms with E-state index in [2.05, 4.69) is 43.8 Å². The van der Waals surface area contributed by atoms with Crippen molar-refractivity contribution in [1.82, 2.24) is 0 Å². The van der Waals surface area contributed by atoms with E-state index in [4.69, 9.17) is 0 Å². The summed E-state index contributed by atoms with van der Waals surface area (Å²) in [6.07, 6.45) is 57.8. The van der Waals surface area contributed by atoms with Crippen molar-refractivity contribution in [2.75, 3.05) is 0 Å². The van der Waals surface area contributed by atoms with Crippen LogP contribution >= 0.6 is 0 Å². The maximum Gasteiger partial charge on any atom is 0.171 e. The molecule has 1 aromatic heterocycles. The Balaban J connectivity index is 2.25. The molecule has 0 aliphatic rings. The summed E-state index contributed by atoms with van der Waals surface area (Å²) in [5.74, 6) is 0. The smallest absolute Gasteiger partial charge is 0.171 e. The van der Waals surface area contributed by atoms with E-state index in [1.54, 1.807) is 11.1 Å². The molecule has 0 amide bonds. The summed E-state index contributed by atoms with van der Waals surface area (Å²) in [4.78, 5) is 0. The lowest BCUT2D eigenvalue weighted by Crippen LogP contribution is -2.34. The van der Waals surface area contributed by atoms with Crippen LogP contribution < -0.4 is 4.57 Å². The number of unbranched alkanes of at least 4 members (excludes halogenated alkanes) is 32. The Morgan fingerprint density at radius 1 is 0.298 bits per heavy atom. The molecule has 0 atom stereocenters. The highest BCUT2D eigenvalue weighted by Crippen LogP contribution is 2.17. The van der Waals surface area contributed by atoms with Gasteiger partial charge in [0.1, 0.15) is 6.54 Å². The van der Waals surface area contributed by atoms with Gasteiger partial charge in [0, 0.05) is 17.5 Å². The zero-order chi connectivity index (χ0) is 33.7. The molecule has 0 unspecified atom stereocenters. The zero-order valence-corrected chi connectivity index (χ0v) is 33.0. The van der Waals surface area contributed by atoms with E-state index < -0.39 is 0 Å². The molecule has 0 spiro atoms. The second kappa shape index (κ2) is 36.4. The van der Waals surface area contributed by atoms with Crippen molar-refractivity contribution in [3.63, 3.8) is 0 Å². The first kappa shape index (κ1) is 44.2. The maximum absolute atomic E-state index is 2.58. The van der Waals surface area contributed by atoms with Crippen LogP contribution in [0.15, 0.2) is 18.5 Å². The molecule has 47 heavy (non-hydrogen) atoms. The highest BCUT2D eigenvalue weighted by molar-refractivity contribution is 5.15. The predicted octanol–water partition coefficient (Wildman–Crippen LogP) is 15.8. The molecule has 1 rings (SSSR count). The van der Waals surface area contributed by atoms with Crippen molar-refractivity contribution < 1.29 is 4.57 Å². The molecule has 276 valence electrons. The van der Waals surface area contributed by atoms with Crippen LogP contribution in [0, 0.1) is 0 Å². The summed E-state index contributed by atoms with van der Waals surface area (Å²) >= 11 is 0. The first-order valence-electron chi connectivity index (χ1n) is 22.3. The highest BCUT2D eigenvalue weighted by Gasteiger charge is 2.09. The number of hydrogen-bond donors (Lipinski definition) is 0. The number of hydrogen-bond acceptors (Lipinski definition) is 0. The van der Waals surface area contributed by atoms with Gasteiger partial charge in [-0.1, -0.05) is 220 Å². The molecule has 0 aliphatic heterocycles. The van der Waals surface area contributed by atoms with Gasteiger partial charge >= 0.3 is 0 Å². The fourth-order valence-electron chi connectivity index (χ4n) is 7.48. The minimum Gasteiger partial charge on any atom is -0.205 e. The molecule has 1 heteroatoms. The Morgan fingerprint density at radius 3 is 0.809 bits per heavy atom. The molecular formula is C46H88N+. The van der Waals surface area contributed by atoms with Crippen molar-refractivity contribution in [3.8, 4) is 0 Å². The summed E-state index contributed by atoms with van der Waals surface area (Å²) in [5.41, 5.74) is 3.21. The average molecular weight is 655 g/mol. The van der Waals surface area contributed by atoms with E-state index in [0.717, 1.165) is 0 Å². The molecule has 0 radical (unpaired) electrons. The Hall–Kier alpha value is -0.850. The van der Waals surface area contributed by atoms with Crippen LogP contribution in [0.5, 0.6) is 0 Å². The minimum atomic E-state index is 1.22. The third kappa shape index (κ3) is 30.9. The van der Waals surface area contributed by atoms with Crippen molar-refractivity contribution in [3.05, 3.63) is 29.6 Å². The predicted molar refractivity (Wildman–Crippen MR) is 213 cm³/mol. The SMILES string of the molecule is CCCCCCCCCCCCCCCCCCC[n+]1cc(CCCCCCCCCCC)cc(CCCCCCCCCCC)c1. The van der Waals surface area contributed by atoms with Crippen LogP contribution in [0.25, 0.3) is 0 Å². The lowest BCUT2D eigenvalue weighted by molar-refractivity contribution is -0.698. The van der Waals surface area contributed by atoms with Gasteiger partial charge in [0.05, 0.1) is 0 Å². The molecular weight excluding hydrogens is 567 g/mol. The van der Waals surface area contributed by atoms with Gasteiger partial charge < -0.3 is 0 Å². The van der Waals surface area contributed by atoms with E-state index in [9.17, 15) is 0 Å². The fourth-order valence-corrected chi connectivity index (χ4v) is 7.48. The normalized spacial score (nSPS) is 11.6. The van der Waals surface area contributed by atoms with Gasteiger partial charge in [0.15, 0.2) is 12.4 Å². The standard InChI is InChI=1S/C46H88N/c1-4-7-10-13-16-19-20-21-22-23-24-25-26-29-32-35-38-41-47-43-45(39-36-33-30-27-17-14-11-8-5-2)42-46(44-47)40-37-34-31-28-18-15-12-9-6-3/h42-44H,4-41H2,1-3H3/q+1. The van der Waals surface area contributed by atoms with Gasteiger partial charge in [0.25, 0.3) is 0 Å². The Kier molecular flexibility index (Phi) is 34.2. The van der Waals surface area contributed by atoms with Crippen LogP contribution in [0.2, 0.25) is 0 Å². The third-order valence-electron chi connectivity index (χ3n) is 10.7. The molecule has 0 fully saturated rings. The van der Waals surface area contributed by atoms with E-state index >= 15 is 0 Å². The Labute approximate surface area is 298 Å². The van der Waals surface area contributed by atoms with E-state index in [0.29, 0.717) is 0 Å². The first-order valence-corrected chi connectivity index (χ1v) is 22.3. The summed E-state index contributed by atoms with van der Waals surface area (Å²) < 4.78 is 2.58. The fraction of sp³-hybridized carbons (Fsp3) is 0.891. The quantitative estimate of drug-likeness (QED) is 0.0493. The van der Waals surface area contributed by atoms with Gasteiger partial charge in [-0.05, 0) is 38.2 Å². The zero-order valence-electron chi connectivity index (χ0n) is 33.0. The van der Waals surface area contributed by atoms with Gasteiger partial charge in [-0.25, -0.2) is 4.57 Å². The molecule has 1 nitrogen and oxygen atoms in total. The van der Waals surface area contributed by atoms with Crippen molar-refractivity contribution >= 4 is 0 Å². The highest BCUT2D eigenvalue weighted by atomic mass is 14.9. The molecule has 0 bridgehead atoms. The van der Waals surface area contributed by atoms with Crippen LogP contribution in [0.3, 0.4) is 0 Å². The molecule has 0 aliphatic carbocycles. The summed E-state index contributed by atoms with van der Waals surface area (Å²) in [5, 5.41) is 0. The Morgan fingerprint density at radius 2 is 0.532 bits per heavy atom. The van der Waals surface area contributed by atoms with E-state index in [1.165, 1.54) is 244 Å². The summed E-state index contributed by atoms with van der Waals surface area (Å²) in [6, 6.07) is 2.57. The number of rotatable bonds is 38. The van der Waals surface area contributed by atoms with E-state index in [-0.39, 0.29) is 0 Å². The van der Waals surface area contributed by atoms with Crippen molar-refractivity contribution in [2.45, 2.75) is 265 Å². The number of aromatic nitrogens is 1. The minimum absolute atomic E-state index is 1.22. The number of aryl methyl sites for hydroxylation is 3. The van der Waals surface area contributed by atoms with Gasteiger partial charge in [-0.3, -0.25) is 0 Å². The van der Waals surface area contributed by atoms with Crippen LogP contribution in [-0.4, -0.2) is 0 Å². The first-order chi connectivity index (χ1) is 23.3. The molecule has 0 aromatic carbocycles. The van der Waals surface area contributed by atoms with Crippen molar-refractivity contribution in [2.24, 2.45) is 0 Å². The largest absolute Gasteiger partial charge is 0.205 e. The molecule has 0 saturated carbocycles. The van der Waals surface area contributed by atoms with Gasteiger partial charge in [0.2, 0.25) is 0 Å². The van der Waals surface area contributed by atoms with Crippen LogP contribution in [0.1, 0.15) is 257 Å². The van der Waals surface area contributed by atoms with Gasteiger partial charge in [-0.15, -0.1) is 0 Å². The topological polar surface area (TPSA) is 3.88 Å². The number of pyridine rings is 1. The second-order valence-corrected chi connectivity index (χ2v) is 15.6. The molecule has 0 saturated heterocycles. The molecule has 1 heterocycles. The number of nitrogens with zero attached hydrogens (tertiary/aromatic N) is 1. The average Bonchev–Trinajstić information content (AvgIpc) is 3.08. The van der Waals surface area contributed by atoms with E-state index in [1.807, 2.05) is 0 Å². The lowest BCUT2D eigenvalue weighted by atomic mass is 10.0. The van der Waals surface area contributed by atoms with Gasteiger partial charge in [-0.2, -0.15) is 0 Å². The maximum atomic E-state index is 2.58. The second-order valence-electron chi connectivity index (χ2n) is 15.6. The van der Waals surface area contributed by atoms with Crippen LogP contribution in [0.4, 0.5) is 0 Å². The summed E-state index contributed by atoms with van der Waals surface area (Å²) in [6.45, 7) is 8.16. The molecule has 1 aromatic rings. The third-order valence-corrected chi connectivity index (χ3v) is 10.7.